The van der Waals surface area contributed by atoms with Gasteiger partial charge in [0.25, 0.3) is 0 Å². The number of hydrogen-bond donors (Lipinski definition) is 0. The van der Waals surface area contributed by atoms with Crippen molar-refractivity contribution in [2.45, 2.75) is 26.9 Å². The lowest BCUT2D eigenvalue weighted by molar-refractivity contribution is 0.313. The van der Waals surface area contributed by atoms with E-state index in [2.05, 4.69) is 60.2 Å². The Bertz CT molecular complexity index is 422. The first-order valence-corrected chi connectivity index (χ1v) is 7.96. The second-order valence-corrected chi connectivity index (χ2v) is 5.42. The van der Waals surface area contributed by atoms with Gasteiger partial charge in [0.2, 0.25) is 0 Å². The normalized spacial score (nSPS) is 18.2. The lowest BCUT2D eigenvalue weighted by Gasteiger charge is -2.34. The Balaban J connectivity index is 0.000000510. The Hall–Kier alpha value is -1.32. The summed E-state index contributed by atoms with van der Waals surface area (Å²) >= 11 is 0. The minimum atomic E-state index is 1.11. The number of benzene rings is 1. The number of hydrogen-bond acceptors (Lipinski definition) is 3. The van der Waals surface area contributed by atoms with Crippen LogP contribution in [0.2, 0.25) is 0 Å². The van der Waals surface area contributed by atoms with Crippen molar-refractivity contribution >= 4 is 5.69 Å². The molecule has 21 heavy (non-hydrogen) atoms. The highest BCUT2D eigenvalue weighted by Gasteiger charge is 2.19. The maximum Gasteiger partial charge on any atom is 0.0370 e. The highest BCUT2D eigenvalue weighted by Crippen LogP contribution is 2.26. The molecule has 1 saturated heterocycles. The molecular weight excluding hydrogens is 258 g/mol. The zero-order chi connectivity index (χ0) is 15.8. The number of fused-ring (bicyclic) bond motifs is 1. The van der Waals surface area contributed by atoms with Gasteiger partial charge in [0.1, 0.15) is 0 Å². The molecule has 0 aliphatic carbocycles. The lowest BCUT2D eigenvalue weighted by atomic mass is 10.1. The second kappa shape index (κ2) is 8.85. The Morgan fingerprint density at radius 2 is 1.38 bits per heavy atom. The highest BCUT2D eigenvalue weighted by atomic mass is 15.2. The fourth-order valence-electron chi connectivity index (χ4n) is 2.81. The Morgan fingerprint density at radius 3 is 2.00 bits per heavy atom. The predicted molar refractivity (Wildman–Crippen MR) is 93.9 cm³/mol. The topological polar surface area (TPSA) is 9.72 Å². The maximum atomic E-state index is 3.00. The van der Waals surface area contributed by atoms with Crippen LogP contribution < -0.4 is 4.90 Å². The maximum absolute atomic E-state index is 3.00. The summed E-state index contributed by atoms with van der Waals surface area (Å²) < 4.78 is 0. The minimum Gasteiger partial charge on any atom is -0.369 e. The molecule has 1 fully saturated rings. The Labute approximate surface area is 130 Å². The molecule has 0 radical (unpaired) electrons. The third kappa shape index (κ3) is 4.58. The molecule has 0 saturated carbocycles. The Kier molecular flexibility index (Phi) is 7.48. The van der Waals surface area contributed by atoms with Crippen LogP contribution >= 0.6 is 0 Å². The van der Waals surface area contributed by atoms with Gasteiger partial charge in [-0.05, 0) is 37.4 Å². The van der Waals surface area contributed by atoms with E-state index in [1.165, 1.54) is 29.9 Å². The van der Waals surface area contributed by atoms with Gasteiger partial charge >= 0.3 is 0 Å². The second-order valence-electron chi connectivity index (χ2n) is 5.42. The van der Waals surface area contributed by atoms with Crippen LogP contribution in [-0.2, 0) is 13.1 Å². The van der Waals surface area contributed by atoms with Crippen LogP contribution in [0, 0.1) is 0 Å². The van der Waals surface area contributed by atoms with E-state index in [1.807, 2.05) is 13.8 Å². The summed E-state index contributed by atoms with van der Waals surface area (Å²) in [5.74, 6) is 0. The van der Waals surface area contributed by atoms with Gasteiger partial charge in [0, 0.05) is 45.0 Å². The monoisotopic (exact) mass is 289 g/mol. The van der Waals surface area contributed by atoms with Crippen molar-refractivity contribution in [1.29, 1.82) is 0 Å². The third-order valence-corrected chi connectivity index (χ3v) is 3.94. The molecule has 1 aromatic carbocycles. The molecular formula is C18H31N3. The van der Waals surface area contributed by atoms with Crippen LogP contribution in [0.5, 0.6) is 0 Å². The van der Waals surface area contributed by atoms with E-state index < -0.39 is 0 Å². The van der Waals surface area contributed by atoms with Gasteiger partial charge in [0.15, 0.2) is 0 Å². The molecule has 0 aromatic heterocycles. The smallest absolute Gasteiger partial charge is 0.0370 e. The average molecular weight is 289 g/mol. The summed E-state index contributed by atoms with van der Waals surface area (Å²) in [6, 6.07) is 7.00. The first-order valence-electron chi connectivity index (χ1n) is 7.96. The SMILES string of the molecule is C=C.CC.CN1CCN(c2ccc3c(c2)CN(C)C3)CC1. The quantitative estimate of drug-likeness (QED) is 0.735. The molecule has 0 bridgehead atoms. The Morgan fingerprint density at radius 1 is 0.810 bits per heavy atom. The molecule has 118 valence electrons. The number of nitrogens with zero attached hydrogens (tertiary/aromatic N) is 3. The van der Waals surface area contributed by atoms with E-state index in [-0.39, 0.29) is 0 Å². The zero-order valence-electron chi connectivity index (χ0n) is 14.2. The lowest BCUT2D eigenvalue weighted by Crippen LogP contribution is -2.44. The van der Waals surface area contributed by atoms with E-state index in [4.69, 9.17) is 0 Å². The molecule has 3 rings (SSSR count). The van der Waals surface area contributed by atoms with Gasteiger partial charge in [-0.3, -0.25) is 4.90 Å². The molecule has 3 heteroatoms. The van der Waals surface area contributed by atoms with Crippen LogP contribution in [0.4, 0.5) is 5.69 Å². The van der Waals surface area contributed by atoms with Crippen molar-refractivity contribution in [2.24, 2.45) is 0 Å². The standard InChI is InChI=1S/C14H21N3.C2H6.C2H4/c1-15-5-7-17(8-6-15)14-4-3-12-10-16(2)11-13(12)9-14;2*1-2/h3-4,9H,5-8,10-11H2,1-2H3;1-2H3;1-2H2. The van der Waals surface area contributed by atoms with Crippen molar-refractivity contribution in [1.82, 2.24) is 9.80 Å². The number of anilines is 1. The van der Waals surface area contributed by atoms with Crippen molar-refractivity contribution in [3.05, 3.63) is 42.5 Å². The minimum absolute atomic E-state index is 1.11. The van der Waals surface area contributed by atoms with Crippen molar-refractivity contribution in [3.63, 3.8) is 0 Å². The van der Waals surface area contributed by atoms with E-state index >= 15 is 0 Å². The van der Waals surface area contributed by atoms with Gasteiger partial charge in [-0.25, -0.2) is 0 Å². The summed E-state index contributed by atoms with van der Waals surface area (Å²) in [4.78, 5) is 7.29. The van der Waals surface area contributed by atoms with E-state index in [0.717, 1.165) is 26.2 Å². The summed E-state index contributed by atoms with van der Waals surface area (Å²) in [6.07, 6.45) is 0. The predicted octanol–water partition coefficient (Wildman–Crippen LogP) is 3.21. The molecule has 0 unspecified atom stereocenters. The first-order chi connectivity index (χ1) is 10.2. The molecule has 2 heterocycles. The molecule has 0 N–H and O–H groups in total. The molecule has 1 aromatic rings. The number of piperazine rings is 1. The van der Waals surface area contributed by atoms with Crippen molar-refractivity contribution in [3.8, 4) is 0 Å². The summed E-state index contributed by atoms with van der Waals surface area (Å²) in [6.45, 7) is 16.9. The van der Waals surface area contributed by atoms with Crippen LogP contribution in [0.25, 0.3) is 0 Å². The largest absolute Gasteiger partial charge is 0.369 e. The molecule has 0 amide bonds. The first kappa shape index (κ1) is 17.7. The fourth-order valence-corrected chi connectivity index (χ4v) is 2.81. The summed E-state index contributed by atoms with van der Waals surface area (Å²) in [5.41, 5.74) is 4.43. The van der Waals surface area contributed by atoms with Gasteiger partial charge < -0.3 is 9.80 Å². The van der Waals surface area contributed by atoms with E-state index in [0.29, 0.717) is 0 Å². The third-order valence-electron chi connectivity index (χ3n) is 3.94. The van der Waals surface area contributed by atoms with Crippen LogP contribution in [0.3, 0.4) is 0 Å². The molecule has 3 nitrogen and oxygen atoms in total. The van der Waals surface area contributed by atoms with E-state index in [9.17, 15) is 0 Å². The number of rotatable bonds is 1. The van der Waals surface area contributed by atoms with Crippen LogP contribution in [0.15, 0.2) is 31.4 Å². The average Bonchev–Trinajstić information content (AvgIpc) is 2.91. The molecule has 0 atom stereocenters. The zero-order valence-corrected chi connectivity index (χ0v) is 14.2. The van der Waals surface area contributed by atoms with Gasteiger partial charge in [-0.15, -0.1) is 13.2 Å². The van der Waals surface area contributed by atoms with Crippen LogP contribution in [-0.4, -0.2) is 50.1 Å². The van der Waals surface area contributed by atoms with Crippen molar-refractivity contribution in [2.75, 3.05) is 45.2 Å². The van der Waals surface area contributed by atoms with Gasteiger partial charge in [0.05, 0.1) is 0 Å². The fraction of sp³-hybridized carbons (Fsp3) is 0.556. The molecule has 0 spiro atoms. The van der Waals surface area contributed by atoms with Crippen LogP contribution in [0.1, 0.15) is 25.0 Å². The van der Waals surface area contributed by atoms with E-state index in [1.54, 1.807) is 0 Å². The van der Waals surface area contributed by atoms with Gasteiger partial charge in [-0.2, -0.15) is 0 Å². The highest BCUT2D eigenvalue weighted by molar-refractivity contribution is 5.52. The summed E-state index contributed by atoms with van der Waals surface area (Å²) in [7, 11) is 4.39. The van der Waals surface area contributed by atoms with Gasteiger partial charge in [-0.1, -0.05) is 19.9 Å². The molecule has 2 aliphatic heterocycles. The molecule has 2 aliphatic rings. The summed E-state index contributed by atoms with van der Waals surface area (Å²) in [5, 5.41) is 0. The van der Waals surface area contributed by atoms with Crippen molar-refractivity contribution < 1.29 is 0 Å². The number of likely N-dealkylation sites (N-methyl/N-ethyl adjacent to an activating group) is 1.